The van der Waals surface area contributed by atoms with Crippen LogP contribution in [0.2, 0.25) is 0 Å². The maximum Gasteiger partial charge on any atom is 0.407 e. The minimum absolute atomic E-state index is 0.311. The zero-order valence-corrected chi connectivity index (χ0v) is 17.3. The number of nitrogens with zero attached hydrogens (tertiary/aromatic N) is 2. The number of hydrogen-bond acceptors (Lipinski definition) is 3. The van der Waals surface area contributed by atoms with Gasteiger partial charge in [0.15, 0.2) is 0 Å². The topological polar surface area (TPSA) is 53.0 Å². The van der Waals surface area contributed by atoms with E-state index in [1.54, 1.807) is 0 Å². The molecule has 0 unspecified atom stereocenters. The maximum absolute atomic E-state index is 11.2. The van der Waals surface area contributed by atoms with Crippen LogP contribution in [-0.2, 0) is 6.61 Å². The van der Waals surface area contributed by atoms with E-state index in [-0.39, 0.29) is 0 Å². The van der Waals surface area contributed by atoms with Crippen molar-refractivity contribution in [2.45, 2.75) is 39.3 Å². The van der Waals surface area contributed by atoms with Gasteiger partial charge < -0.3 is 19.6 Å². The summed E-state index contributed by atoms with van der Waals surface area (Å²) in [6.07, 6.45) is 3.06. The number of anilines is 1. The van der Waals surface area contributed by atoms with Gasteiger partial charge in [-0.3, -0.25) is 0 Å². The lowest BCUT2D eigenvalue weighted by Gasteiger charge is -2.38. The summed E-state index contributed by atoms with van der Waals surface area (Å²) in [6.45, 7) is 6.71. The van der Waals surface area contributed by atoms with Crippen LogP contribution in [0, 0.1) is 0 Å². The summed E-state index contributed by atoms with van der Waals surface area (Å²) in [7, 11) is 0. The third-order valence-electron chi connectivity index (χ3n) is 5.27. The number of benzene rings is 2. The van der Waals surface area contributed by atoms with Gasteiger partial charge in [0.1, 0.15) is 12.4 Å². The van der Waals surface area contributed by atoms with Gasteiger partial charge in [0, 0.05) is 37.4 Å². The van der Waals surface area contributed by atoms with Gasteiger partial charge in [0.2, 0.25) is 0 Å². The van der Waals surface area contributed by atoms with Crippen molar-refractivity contribution in [1.29, 1.82) is 0 Å². The number of amides is 1. The van der Waals surface area contributed by atoms with Gasteiger partial charge in [-0.25, -0.2) is 4.79 Å². The number of likely N-dealkylation sites (tertiary alicyclic amines) is 1. The van der Waals surface area contributed by atoms with E-state index in [4.69, 9.17) is 4.74 Å². The Morgan fingerprint density at radius 1 is 1.14 bits per heavy atom. The van der Waals surface area contributed by atoms with Crippen LogP contribution in [0.15, 0.2) is 66.2 Å². The third kappa shape index (κ3) is 6.01. The molecule has 5 heteroatoms. The summed E-state index contributed by atoms with van der Waals surface area (Å²) in [5.74, 6) is 0.844. The predicted molar refractivity (Wildman–Crippen MR) is 117 cm³/mol. The highest BCUT2D eigenvalue weighted by Crippen LogP contribution is 2.27. The van der Waals surface area contributed by atoms with Crippen LogP contribution in [0.3, 0.4) is 0 Å². The second kappa shape index (κ2) is 10.0. The first-order chi connectivity index (χ1) is 14.0. The van der Waals surface area contributed by atoms with E-state index < -0.39 is 6.09 Å². The van der Waals surface area contributed by atoms with E-state index in [9.17, 15) is 9.90 Å². The lowest BCUT2D eigenvalue weighted by Crippen LogP contribution is -2.46. The molecule has 5 nitrogen and oxygen atoms in total. The summed E-state index contributed by atoms with van der Waals surface area (Å²) in [5.41, 5.74) is 3.52. The Hall–Kier alpha value is -2.95. The Morgan fingerprint density at radius 3 is 2.52 bits per heavy atom. The Labute approximate surface area is 173 Å². The highest BCUT2D eigenvalue weighted by atomic mass is 16.5. The molecule has 0 aliphatic carbocycles. The molecule has 2 aromatic rings. The van der Waals surface area contributed by atoms with Crippen LogP contribution >= 0.6 is 0 Å². The fourth-order valence-corrected chi connectivity index (χ4v) is 3.61. The van der Waals surface area contributed by atoms with Crippen molar-refractivity contribution in [1.82, 2.24) is 4.90 Å². The number of piperidine rings is 1. The minimum atomic E-state index is -0.824. The molecule has 0 aromatic heterocycles. The van der Waals surface area contributed by atoms with Crippen LogP contribution in [0.25, 0.3) is 0 Å². The van der Waals surface area contributed by atoms with Crippen molar-refractivity contribution >= 4 is 11.8 Å². The molecule has 1 fully saturated rings. The first-order valence-corrected chi connectivity index (χ1v) is 10.2. The zero-order chi connectivity index (χ0) is 20.6. The van der Waals surface area contributed by atoms with E-state index in [0.29, 0.717) is 25.7 Å². The molecular formula is C24H30N2O3. The first-order valence-electron chi connectivity index (χ1n) is 10.2. The molecule has 1 aliphatic heterocycles. The van der Waals surface area contributed by atoms with E-state index >= 15 is 0 Å². The maximum atomic E-state index is 11.2. The molecule has 2 aromatic carbocycles. The molecule has 0 spiro atoms. The highest BCUT2D eigenvalue weighted by molar-refractivity contribution is 5.65. The fraction of sp³-hybridized carbons (Fsp3) is 0.375. The summed E-state index contributed by atoms with van der Waals surface area (Å²) >= 11 is 0. The molecule has 0 saturated carbocycles. The second-order valence-electron chi connectivity index (χ2n) is 7.71. The number of allylic oxidation sites excluding steroid dienone is 1. The molecule has 3 rings (SSSR count). The van der Waals surface area contributed by atoms with Crippen LogP contribution in [0.4, 0.5) is 10.5 Å². The molecule has 0 radical (unpaired) electrons. The van der Waals surface area contributed by atoms with Crippen LogP contribution in [-0.4, -0.2) is 41.8 Å². The third-order valence-corrected chi connectivity index (χ3v) is 5.27. The largest absolute Gasteiger partial charge is 0.489 e. The van der Waals surface area contributed by atoms with Crippen molar-refractivity contribution in [3.8, 4) is 5.75 Å². The quantitative estimate of drug-likeness (QED) is 0.658. The standard InChI is InChI=1S/C24H30N2O3/c1-19(2)11-16-26(21-12-14-25(15-13-21)24(27)28)22-9-6-10-23(17-22)29-18-20-7-4-3-5-8-20/h3-11,17,21H,12-16,18H2,1-2H3,(H,27,28). The summed E-state index contributed by atoms with van der Waals surface area (Å²) in [4.78, 5) is 15.1. The van der Waals surface area contributed by atoms with Crippen molar-refractivity contribution in [3.05, 3.63) is 71.8 Å². The van der Waals surface area contributed by atoms with Gasteiger partial charge in [0.05, 0.1) is 0 Å². The van der Waals surface area contributed by atoms with Crippen molar-refractivity contribution < 1.29 is 14.6 Å². The number of carbonyl (C=O) groups is 1. The lowest BCUT2D eigenvalue weighted by molar-refractivity contribution is 0.132. The Balaban J connectivity index is 1.73. The molecule has 1 aliphatic rings. The van der Waals surface area contributed by atoms with Gasteiger partial charge in [-0.05, 0) is 44.4 Å². The SMILES string of the molecule is CC(C)=CCN(c1cccc(OCc2ccccc2)c1)C1CCN(C(=O)O)CC1. The summed E-state index contributed by atoms with van der Waals surface area (Å²) in [5, 5.41) is 9.23. The summed E-state index contributed by atoms with van der Waals surface area (Å²) < 4.78 is 6.02. The second-order valence-corrected chi connectivity index (χ2v) is 7.71. The van der Waals surface area contributed by atoms with Crippen LogP contribution in [0.1, 0.15) is 32.3 Å². The molecule has 0 bridgehead atoms. The first kappa shape index (κ1) is 20.8. The van der Waals surface area contributed by atoms with Gasteiger partial charge >= 0.3 is 6.09 Å². The number of hydrogen-bond donors (Lipinski definition) is 1. The van der Waals surface area contributed by atoms with Crippen LogP contribution < -0.4 is 9.64 Å². The average Bonchev–Trinajstić information content (AvgIpc) is 2.74. The Bertz CT molecular complexity index is 823. The average molecular weight is 395 g/mol. The van der Waals surface area contributed by atoms with E-state index in [2.05, 4.69) is 49.1 Å². The Kier molecular flexibility index (Phi) is 7.17. The number of carboxylic acid groups (broad SMARTS) is 1. The predicted octanol–water partition coefficient (Wildman–Crippen LogP) is 5.18. The molecule has 154 valence electrons. The van der Waals surface area contributed by atoms with Crippen LogP contribution in [0.5, 0.6) is 5.75 Å². The summed E-state index contributed by atoms with van der Waals surface area (Å²) in [6, 6.07) is 18.7. The fourth-order valence-electron chi connectivity index (χ4n) is 3.61. The zero-order valence-electron chi connectivity index (χ0n) is 17.3. The van der Waals surface area contributed by atoms with E-state index in [1.807, 2.05) is 30.3 Å². The molecule has 0 atom stereocenters. The number of ether oxygens (including phenoxy) is 1. The molecule has 1 saturated heterocycles. The molecule has 29 heavy (non-hydrogen) atoms. The van der Waals surface area contributed by atoms with Gasteiger partial charge in [-0.1, -0.05) is 48.0 Å². The van der Waals surface area contributed by atoms with Gasteiger partial charge in [-0.2, -0.15) is 0 Å². The Morgan fingerprint density at radius 2 is 1.86 bits per heavy atom. The molecule has 1 heterocycles. The molecule has 1 amide bonds. The smallest absolute Gasteiger partial charge is 0.407 e. The van der Waals surface area contributed by atoms with E-state index in [0.717, 1.165) is 36.4 Å². The van der Waals surface area contributed by atoms with Gasteiger partial charge in [0.25, 0.3) is 0 Å². The molecular weight excluding hydrogens is 364 g/mol. The molecule has 1 N–H and O–H groups in total. The van der Waals surface area contributed by atoms with Crippen molar-refractivity contribution in [2.75, 3.05) is 24.5 Å². The highest BCUT2D eigenvalue weighted by Gasteiger charge is 2.26. The van der Waals surface area contributed by atoms with Crippen molar-refractivity contribution in [3.63, 3.8) is 0 Å². The normalized spacial score (nSPS) is 14.3. The monoisotopic (exact) mass is 394 g/mol. The van der Waals surface area contributed by atoms with Gasteiger partial charge in [-0.15, -0.1) is 0 Å². The van der Waals surface area contributed by atoms with Crippen molar-refractivity contribution in [2.24, 2.45) is 0 Å². The lowest BCUT2D eigenvalue weighted by atomic mass is 10.0. The minimum Gasteiger partial charge on any atom is -0.489 e. The van der Waals surface area contributed by atoms with E-state index in [1.165, 1.54) is 10.5 Å². The number of rotatable bonds is 7.